The van der Waals surface area contributed by atoms with Crippen LogP contribution in [0, 0.1) is 6.92 Å². The molecule has 6 nitrogen and oxygen atoms in total. The molecule has 0 bridgehead atoms. The molecule has 1 unspecified atom stereocenters. The van der Waals surface area contributed by atoms with Crippen LogP contribution in [0.5, 0.6) is 0 Å². The van der Waals surface area contributed by atoms with Crippen LogP contribution in [0.4, 0.5) is 0 Å². The fourth-order valence-electron chi connectivity index (χ4n) is 2.50. The van der Waals surface area contributed by atoms with E-state index in [4.69, 9.17) is 0 Å². The molecule has 0 aliphatic heterocycles. The molecule has 0 saturated heterocycles. The third kappa shape index (κ3) is 3.56. The van der Waals surface area contributed by atoms with Crippen LogP contribution >= 0.6 is 11.8 Å². The van der Waals surface area contributed by atoms with Crippen molar-refractivity contribution in [3.63, 3.8) is 0 Å². The van der Waals surface area contributed by atoms with Gasteiger partial charge in [-0.3, -0.25) is 9.20 Å². The number of nitrogens with zero attached hydrogens (tertiary/aromatic N) is 4. The monoisotopic (exact) mass is 341 g/mol. The lowest BCUT2D eigenvalue weighted by Gasteiger charge is -2.17. The number of aromatic nitrogens is 4. The van der Waals surface area contributed by atoms with Crippen LogP contribution in [0.3, 0.4) is 0 Å². The first-order valence-electron chi connectivity index (χ1n) is 7.72. The molecule has 0 radical (unpaired) electrons. The maximum Gasteiger partial charge on any atom is 0.270 e. The summed E-state index contributed by atoms with van der Waals surface area (Å²) in [6.07, 6.45) is 4.73. The molecule has 3 heterocycles. The summed E-state index contributed by atoms with van der Waals surface area (Å²) in [6.45, 7) is 1.87. The van der Waals surface area contributed by atoms with E-state index in [1.807, 2.05) is 54.1 Å². The first-order chi connectivity index (χ1) is 11.7. The first kappa shape index (κ1) is 16.4. The van der Waals surface area contributed by atoms with Gasteiger partial charge in [0.15, 0.2) is 11.5 Å². The Balaban J connectivity index is 1.88. The quantitative estimate of drug-likeness (QED) is 0.746. The predicted octanol–water partition coefficient (Wildman–Crippen LogP) is 2.66. The minimum atomic E-state index is -0.218. The highest BCUT2D eigenvalue weighted by molar-refractivity contribution is 7.98. The molecule has 0 aromatic carbocycles. The summed E-state index contributed by atoms with van der Waals surface area (Å²) < 4.78 is 1.91. The van der Waals surface area contributed by atoms with Crippen molar-refractivity contribution in [1.82, 2.24) is 24.9 Å². The second-order valence-corrected chi connectivity index (χ2v) is 6.44. The zero-order chi connectivity index (χ0) is 16.9. The third-order valence-electron chi connectivity index (χ3n) is 3.69. The molecule has 0 spiro atoms. The van der Waals surface area contributed by atoms with Crippen molar-refractivity contribution in [3.8, 4) is 0 Å². The third-order valence-corrected chi connectivity index (χ3v) is 4.33. The summed E-state index contributed by atoms with van der Waals surface area (Å²) in [5.74, 6) is 1.45. The van der Waals surface area contributed by atoms with Crippen LogP contribution in [0.2, 0.25) is 0 Å². The molecule has 24 heavy (non-hydrogen) atoms. The van der Waals surface area contributed by atoms with Crippen molar-refractivity contribution in [3.05, 3.63) is 59.8 Å². The molecule has 0 fully saturated rings. The molecular formula is C17H19N5OS. The van der Waals surface area contributed by atoms with E-state index in [-0.39, 0.29) is 11.9 Å². The van der Waals surface area contributed by atoms with Crippen LogP contribution in [0.25, 0.3) is 5.65 Å². The smallest absolute Gasteiger partial charge is 0.270 e. The summed E-state index contributed by atoms with van der Waals surface area (Å²) in [5, 5.41) is 11.5. The molecule has 0 aliphatic carbocycles. The Hall–Kier alpha value is -2.41. The van der Waals surface area contributed by atoms with Gasteiger partial charge in [-0.15, -0.1) is 10.2 Å². The number of amides is 1. The summed E-state index contributed by atoms with van der Waals surface area (Å²) >= 11 is 1.73. The average molecular weight is 341 g/mol. The van der Waals surface area contributed by atoms with Crippen LogP contribution in [0.15, 0.2) is 42.6 Å². The molecule has 7 heteroatoms. The number of fused-ring (bicyclic) bond motifs is 1. The zero-order valence-electron chi connectivity index (χ0n) is 13.6. The minimum Gasteiger partial charge on any atom is -0.341 e. The molecule has 3 aromatic rings. The summed E-state index contributed by atoms with van der Waals surface area (Å²) in [6, 6.07) is 10.9. The van der Waals surface area contributed by atoms with Crippen molar-refractivity contribution < 1.29 is 4.79 Å². The molecule has 0 aliphatic rings. The summed E-state index contributed by atoms with van der Waals surface area (Å²) in [7, 11) is 0. The highest BCUT2D eigenvalue weighted by Crippen LogP contribution is 2.18. The van der Waals surface area contributed by atoms with E-state index < -0.39 is 0 Å². The van der Waals surface area contributed by atoms with E-state index in [1.165, 1.54) is 0 Å². The number of hydrogen-bond acceptors (Lipinski definition) is 5. The van der Waals surface area contributed by atoms with E-state index in [0.717, 1.165) is 29.3 Å². The number of pyridine rings is 2. The first-order valence-corrected chi connectivity index (χ1v) is 9.11. The number of aryl methyl sites for hydroxylation is 1. The number of hydrogen-bond donors (Lipinski definition) is 1. The number of carbonyl (C=O) groups is 1. The summed E-state index contributed by atoms with van der Waals surface area (Å²) in [5.41, 5.74) is 2.00. The maximum atomic E-state index is 12.6. The largest absolute Gasteiger partial charge is 0.341 e. The van der Waals surface area contributed by atoms with Gasteiger partial charge in [0.05, 0.1) is 6.04 Å². The van der Waals surface area contributed by atoms with E-state index in [0.29, 0.717) is 5.69 Å². The van der Waals surface area contributed by atoms with Gasteiger partial charge in [-0.2, -0.15) is 11.8 Å². The van der Waals surface area contributed by atoms with Crippen molar-refractivity contribution in [2.45, 2.75) is 19.4 Å². The predicted molar refractivity (Wildman–Crippen MR) is 95.2 cm³/mol. The van der Waals surface area contributed by atoms with Gasteiger partial charge in [0, 0.05) is 11.9 Å². The Morgan fingerprint density at radius 2 is 2.12 bits per heavy atom. The van der Waals surface area contributed by atoms with Crippen molar-refractivity contribution >= 4 is 23.3 Å². The van der Waals surface area contributed by atoms with E-state index in [9.17, 15) is 4.79 Å². The second kappa shape index (κ2) is 7.44. The van der Waals surface area contributed by atoms with Gasteiger partial charge < -0.3 is 5.32 Å². The highest BCUT2D eigenvalue weighted by atomic mass is 32.2. The lowest BCUT2D eigenvalue weighted by Crippen LogP contribution is -2.31. The van der Waals surface area contributed by atoms with E-state index in [2.05, 4.69) is 20.5 Å². The molecule has 1 amide bonds. The molecule has 3 rings (SSSR count). The maximum absolute atomic E-state index is 12.6. The molecule has 1 atom stereocenters. The summed E-state index contributed by atoms with van der Waals surface area (Å²) in [4.78, 5) is 16.9. The topological polar surface area (TPSA) is 72.2 Å². The number of nitrogens with one attached hydrogen (secondary N) is 1. The number of carbonyl (C=O) groups excluding carboxylic acids is 1. The van der Waals surface area contributed by atoms with Crippen LogP contribution in [-0.4, -0.2) is 37.5 Å². The van der Waals surface area contributed by atoms with Gasteiger partial charge in [-0.1, -0.05) is 12.1 Å². The molecule has 3 aromatic heterocycles. The van der Waals surface area contributed by atoms with Crippen LogP contribution in [0.1, 0.15) is 34.5 Å². The SMILES string of the molecule is CSCCC(NC(=O)c1cccc(C)n1)c1nnc2ccccn12. The van der Waals surface area contributed by atoms with Gasteiger partial charge in [0.2, 0.25) is 0 Å². The van der Waals surface area contributed by atoms with Crippen molar-refractivity contribution in [2.75, 3.05) is 12.0 Å². The number of thioether (sulfide) groups is 1. The Morgan fingerprint density at radius 3 is 2.92 bits per heavy atom. The molecule has 1 N–H and O–H groups in total. The lowest BCUT2D eigenvalue weighted by atomic mass is 10.2. The van der Waals surface area contributed by atoms with Crippen molar-refractivity contribution in [2.24, 2.45) is 0 Å². The standard InChI is InChI=1S/C17H19N5OS/c1-12-6-5-7-14(18-12)17(23)19-13(9-11-24-2)16-21-20-15-8-3-4-10-22(15)16/h3-8,10,13H,9,11H2,1-2H3,(H,19,23). The fraction of sp³-hybridized carbons (Fsp3) is 0.294. The molecular weight excluding hydrogens is 322 g/mol. The van der Waals surface area contributed by atoms with Gasteiger partial charge in [-0.25, -0.2) is 4.98 Å². The zero-order valence-corrected chi connectivity index (χ0v) is 14.5. The Kier molecular flexibility index (Phi) is 5.10. The van der Waals surface area contributed by atoms with E-state index >= 15 is 0 Å². The molecule has 124 valence electrons. The normalized spacial score (nSPS) is 12.2. The average Bonchev–Trinajstić information content (AvgIpc) is 3.02. The van der Waals surface area contributed by atoms with Gasteiger partial charge in [0.25, 0.3) is 5.91 Å². The van der Waals surface area contributed by atoms with Crippen LogP contribution < -0.4 is 5.32 Å². The Bertz CT molecular complexity index is 848. The van der Waals surface area contributed by atoms with Gasteiger partial charge in [-0.05, 0) is 49.6 Å². The minimum absolute atomic E-state index is 0.197. The van der Waals surface area contributed by atoms with Crippen molar-refractivity contribution in [1.29, 1.82) is 0 Å². The number of rotatable bonds is 6. The van der Waals surface area contributed by atoms with E-state index in [1.54, 1.807) is 17.8 Å². The van der Waals surface area contributed by atoms with Gasteiger partial charge in [0.1, 0.15) is 5.69 Å². The highest BCUT2D eigenvalue weighted by Gasteiger charge is 2.21. The van der Waals surface area contributed by atoms with Gasteiger partial charge >= 0.3 is 0 Å². The fourth-order valence-corrected chi connectivity index (χ4v) is 2.97. The Labute approximate surface area is 144 Å². The Morgan fingerprint density at radius 1 is 1.25 bits per heavy atom. The lowest BCUT2D eigenvalue weighted by molar-refractivity contribution is 0.0928. The molecule has 0 saturated carbocycles. The second-order valence-electron chi connectivity index (χ2n) is 5.46. The van der Waals surface area contributed by atoms with Crippen LogP contribution in [-0.2, 0) is 0 Å².